The maximum Gasteiger partial charge on any atom is 0.335 e. The van der Waals surface area contributed by atoms with Crippen LogP contribution in [0.1, 0.15) is 34.3 Å². The summed E-state index contributed by atoms with van der Waals surface area (Å²) in [4.78, 5) is 22.7. The number of aryl methyl sites for hydroxylation is 2. The van der Waals surface area contributed by atoms with Crippen LogP contribution in [0, 0.1) is 0 Å². The standard InChI is InChI=1S/C19H19NO4/c21-18(20-16-8-5-14(6-9-16)19(22)23)12-24-17-10-7-13-3-1-2-4-15(13)11-17/h5-11H,1-4,12H2,(H,20,21)(H,22,23). The van der Waals surface area contributed by atoms with E-state index >= 15 is 0 Å². The lowest BCUT2D eigenvalue weighted by Gasteiger charge is -2.16. The van der Waals surface area contributed by atoms with Crippen LogP contribution in [0.4, 0.5) is 5.69 Å². The molecule has 0 aromatic heterocycles. The van der Waals surface area contributed by atoms with Crippen LogP contribution in [0.5, 0.6) is 5.75 Å². The van der Waals surface area contributed by atoms with Crippen molar-refractivity contribution in [2.75, 3.05) is 11.9 Å². The Morgan fingerprint density at radius 2 is 1.71 bits per heavy atom. The molecule has 5 heteroatoms. The van der Waals surface area contributed by atoms with Crippen molar-refractivity contribution in [2.45, 2.75) is 25.7 Å². The van der Waals surface area contributed by atoms with Gasteiger partial charge in [0.05, 0.1) is 5.56 Å². The van der Waals surface area contributed by atoms with Gasteiger partial charge < -0.3 is 15.2 Å². The molecule has 1 aliphatic carbocycles. The molecule has 3 rings (SSSR count). The molecule has 0 saturated carbocycles. The second kappa shape index (κ2) is 7.17. The molecule has 2 N–H and O–H groups in total. The van der Waals surface area contributed by atoms with Gasteiger partial charge in [-0.25, -0.2) is 4.79 Å². The van der Waals surface area contributed by atoms with Crippen LogP contribution in [0.3, 0.4) is 0 Å². The van der Waals surface area contributed by atoms with E-state index in [4.69, 9.17) is 9.84 Å². The van der Waals surface area contributed by atoms with Crippen LogP contribution >= 0.6 is 0 Å². The fraction of sp³-hybridized carbons (Fsp3) is 0.263. The number of amides is 1. The highest BCUT2D eigenvalue weighted by molar-refractivity contribution is 5.93. The van der Waals surface area contributed by atoms with Crippen molar-refractivity contribution >= 4 is 17.6 Å². The molecular formula is C19H19NO4. The number of hydrogen-bond acceptors (Lipinski definition) is 3. The number of carboxylic acid groups (broad SMARTS) is 1. The molecule has 0 saturated heterocycles. The first-order valence-electron chi connectivity index (χ1n) is 7.99. The molecule has 0 aliphatic heterocycles. The summed E-state index contributed by atoms with van der Waals surface area (Å²) < 4.78 is 5.56. The summed E-state index contributed by atoms with van der Waals surface area (Å²) >= 11 is 0. The van der Waals surface area contributed by atoms with Crippen molar-refractivity contribution in [3.05, 3.63) is 59.2 Å². The Hall–Kier alpha value is -2.82. The van der Waals surface area contributed by atoms with E-state index < -0.39 is 5.97 Å². The number of hydrogen-bond donors (Lipinski definition) is 2. The van der Waals surface area contributed by atoms with Gasteiger partial charge >= 0.3 is 5.97 Å². The number of fused-ring (bicyclic) bond motifs is 1. The third-order valence-corrected chi connectivity index (χ3v) is 4.11. The number of carbonyl (C=O) groups excluding carboxylic acids is 1. The average molecular weight is 325 g/mol. The first-order chi connectivity index (χ1) is 11.6. The van der Waals surface area contributed by atoms with Gasteiger partial charge in [-0.1, -0.05) is 6.07 Å². The minimum atomic E-state index is -0.997. The molecule has 0 atom stereocenters. The Balaban J connectivity index is 1.54. The lowest BCUT2D eigenvalue weighted by molar-refractivity contribution is -0.118. The Morgan fingerprint density at radius 1 is 1.00 bits per heavy atom. The van der Waals surface area contributed by atoms with E-state index in [9.17, 15) is 9.59 Å². The highest BCUT2D eigenvalue weighted by Crippen LogP contribution is 2.25. The van der Waals surface area contributed by atoms with Gasteiger partial charge in [0.15, 0.2) is 6.61 Å². The monoisotopic (exact) mass is 325 g/mol. The van der Waals surface area contributed by atoms with Crippen molar-refractivity contribution in [2.24, 2.45) is 0 Å². The minimum absolute atomic E-state index is 0.0839. The Bertz CT molecular complexity index is 752. The molecule has 0 unspecified atom stereocenters. The van der Waals surface area contributed by atoms with Crippen LogP contribution in [0.2, 0.25) is 0 Å². The van der Waals surface area contributed by atoms with Gasteiger partial charge in [0, 0.05) is 5.69 Å². The number of carboxylic acids is 1. The summed E-state index contributed by atoms with van der Waals surface area (Å²) in [6.07, 6.45) is 4.61. The SMILES string of the molecule is O=C(COc1ccc2c(c1)CCCC2)Nc1ccc(C(=O)O)cc1. The molecule has 0 spiro atoms. The van der Waals surface area contributed by atoms with E-state index in [0.717, 1.165) is 12.8 Å². The molecule has 1 amide bonds. The maximum atomic E-state index is 11.9. The fourth-order valence-corrected chi connectivity index (χ4v) is 2.84. The van der Waals surface area contributed by atoms with Crippen molar-refractivity contribution in [3.63, 3.8) is 0 Å². The predicted octanol–water partition coefficient (Wildman–Crippen LogP) is 3.28. The summed E-state index contributed by atoms with van der Waals surface area (Å²) in [5, 5.41) is 11.5. The molecule has 0 radical (unpaired) electrons. The van der Waals surface area contributed by atoms with E-state index in [-0.39, 0.29) is 18.1 Å². The van der Waals surface area contributed by atoms with Crippen LogP contribution in [0.15, 0.2) is 42.5 Å². The van der Waals surface area contributed by atoms with Gasteiger partial charge in [-0.15, -0.1) is 0 Å². The summed E-state index contributed by atoms with van der Waals surface area (Å²) in [6, 6.07) is 12.0. The number of aromatic carboxylic acids is 1. The Kier molecular flexibility index (Phi) is 4.79. The van der Waals surface area contributed by atoms with E-state index in [1.165, 1.54) is 36.1 Å². The van der Waals surface area contributed by atoms with Gasteiger partial charge in [-0.3, -0.25) is 4.79 Å². The summed E-state index contributed by atoms with van der Waals surface area (Å²) in [6.45, 7) is -0.0839. The quantitative estimate of drug-likeness (QED) is 0.884. The molecule has 0 fully saturated rings. The van der Waals surface area contributed by atoms with Crippen LogP contribution in [-0.2, 0) is 17.6 Å². The Morgan fingerprint density at radius 3 is 2.42 bits per heavy atom. The number of benzene rings is 2. The lowest BCUT2D eigenvalue weighted by atomic mass is 9.92. The molecule has 0 bridgehead atoms. The van der Waals surface area contributed by atoms with E-state index in [1.807, 2.05) is 12.1 Å². The largest absolute Gasteiger partial charge is 0.484 e. The summed E-state index contributed by atoms with van der Waals surface area (Å²) in [7, 11) is 0. The smallest absolute Gasteiger partial charge is 0.335 e. The number of anilines is 1. The molecule has 2 aromatic carbocycles. The number of nitrogens with one attached hydrogen (secondary N) is 1. The normalized spacial score (nSPS) is 13.0. The highest BCUT2D eigenvalue weighted by atomic mass is 16.5. The minimum Gasteiger partial charge on any atom is -0.484 e. The highest BCUT2D eigenvalue weighted by Gasteiger charge is 2.11. The second-order valence-corrected chi connectivity index (χ2v) is 5.86. The van der Waals surface area contributed by atoms with E-state index in [0.29, 0.717) is 11.4 Å². The number of carbonyl (C=O) groups is 2. The van der Waals surface area contributed by atoms with Crippen LogP contribution < -0.4 is 10.1 Å². The predicted molar refractivity (Wildman–Crippen MR) is 90.6 cm³/mol. The third kappa shape index (κ3) is 3.93. The molecule has 0 heterocycles. The van der Waals surface area contributed by atoms with Crippen molar-refractivity contribution in [3.8, 4) is 5.75 Å². The average Bonchev–Trinajstić information content (AvgIpc) is 2.60. The third-order valence-electron chi connectivity index (χ3n) is 4.11. The van der Waals surface area contributed by atoms with Gasteiger partial charge in [0.25, 0.3) is 5.91 Å². The molecule has 124 valence electrons. The zero-order valence-electron chi connectivity index (χ0n) is 13.2. The molecular weight excluding hydrogens is 306 g/mol. The maximum absolute atomic E-state index is 11.9. The van der Waals surface area contributed by atoms with Crippen molar-refractivity contribution < 1.29 is 19.4 Å². The molecule has 5 nitrogen and oxygen atoms in total. The van der Waals surface area contributed by atoms with Gasteiger partial charge in [-0.05, 0) is 73.2 Å². The second-order valence-electron chi connectivity index (χ2n) is 5.86. The first-order valence-corrected chi connectivity index (χ1v) is 7.99. The number of rotatable bonds is 5. The zero-order valence-corrected chi connectivity index (χ0v) is 13.2. The van der Waals surface area contributed by atoms with Gasteiger partial charge in [0.2, 0.25) is 0 Å². The molecule has 24 heavy (non-hydrogen) atoms. The number of ether oxygens (including phenoxy) is 1. The topological polar surface area (TPSA) is 75.6 Å². The van der Waals surface area contributed by atoms with E-state index in [1.54, 1.807) is 12.1 Å². The summed E-state index contributed by atoms with van der Waals surface area (Å²) in [5.41, 5.74) is 3.40. The Labute approximate surface area is 140 Å². The van der Waals surface area contributed by atoms with E-state index in [2.05, 4.69) is 11.4 Å². The molecule has 1 aliphatic rings. The van der Waals surface area contributed by atoms with Gasteiger partial charge in [-0.2, -0.15) is 0 Å². The molecule has 2 aromatic rings. The van der Waals surface area contributed by atoms with Gasteiger partial charge in [0.1, 0.15) is 5.75 Å². The first kappa shape index (κ1) is 16.1. The van der Waals surface area contributed by atoms with Crippen molar-refractivity contribution in [1.82, 2.24) is 0 Å². The van der Waals surface area contributed by atoms with Crippen molar-refractivity contribution in [1.29, 1.82) is 0 Å². The van der Waals surface area contributed by atoms with Crippen LogP contribution in [0.25, 0.3) is 0 Å². The lowest BCUT2D eigenvalue weighted by Crippen LogP contribution is -2.20. The van der Waals surface area contributed by atoms with Crippen LogP contribution in [-0.4, -0.2) is 23.6 Å². The summed E-state index contributed by atoms with van der Waals surface area (Å²) in [5.74, 6) is -0.577. The fourth-order valence-electron chi connectivity index (χ4n) is 2.84. The zero-order chi connectivity index (χ0) is 16.9.